The fraction of sp³-hybridized carbons (Fsp3) is 0.174. The lowest BCUT2D eigenvalue weighted by Gasteiger charge is -2.32. The van der Waals surface area contributed by atoms with Crippen LogP contribution in [-0.2, 0) is 6.42 Å². The molecule has 6 rings (SSSR count). The van der Waals surface area contributed by atoms with E-state index < -0.39 is 35.6 Å². The maximum atomic E-state index is 13.9. The van der Waals surface area contributed by atoms with Gasteiger partial charge < -0.3 is 18.7 Å². The zero-order chi connectivity index (χ0) is 24.1. The quantitative estimate of drug-likeness (QED) is 0.404. The predicted octanol–water partition coefficient (Wildman–Crippen LogP) is 4.47. The van der Waals surface area contributed by atoms with Crippen LogP contribution < -0.4 is 0 Å². The van der Waals surface area contributed by atoms with Gasteiger partial charge in [-0.2, -0.15) is 0 Å². The van der Waals surface area contributed by atoms with Crippen LogP contribution in [0, 0.1) is 5.82 Å². The molecule has 5 heterocycles. The fourth-order valence-corrected chi connectivity index (χ4v) is 4.16. The van der Waals surface area contributed by atoms with Crippen molar-refractivity contribution >= 4 is 17.0 Å². The third kappa shape index (κ3) is 3.54. The van der Waals surface area contributed by atoms with Crippen LogP contribution in [0.1, 0.15) is 46.0 Å². The van der Waals surface area contributed by atoms with Gasteiger partial charge in [0, 0.05) is 42.7 Å². The van der Waals surface area contributed by atoms with Crippen LogP contribution in [0.4, 0.5) is 13.2 Å². The number of carbonyl (C=O) groups excluding carboxylic acids is 1. The molecule has 176 valence electrons. The third-order valence-corrected chi connectivity index (χ3v) is 5.77. The van der Waals surface area contributed by atoms with E-state index in [0.717, 1.165) is 5.69 Å². The number of rotatable bonds is 4. The number of hydrogen-bond donors (Lipinski definition) is 1. The molecule has 5 aromatic rings. The van der Waals surface area contributed by atoms with E-state index in [1.54, 1.807) is 0 Å². The topological polar surface area (TPSA) is 114 Å². The van der Waals surface area contributed by atoms with Gasteiger partial charge in [-0.25, -0.2) is 28.1 Å². The van der Waals surface area contributed by atoms with Crippen LogP contribution in [0.15, 0.2) is 57.9 Å². The van der Waals surface area contributed by atoms with Gasteiger partial charge in [0.2, 0.25) is 17.5 Å². The first-order chi connectivity index (χ1) is 17.0. The lowest BCUT2D eigenvalue weighted by atomic mass is 10.0. The number of nitrogens with one attached hydrogen (secondary N) is 1. The van der Waals surface area contributed by atoms with E-state index in [2.05, 4.69) is 24.9 Å². The normalized spacial score (nSPS) is 15.7. The number of hydrogen-bond acceptors (Lipinski definition) is 7. The van der Waals surface area contributed by atoms with Gasteiger partial charge in [-0.05, 0) is 24.3 Å². The Hall–Kier alpha value is -4.48. The van der Waals surface area contributed by atoms with Crippen LogP contribution in [-0.4, -0.2) is 42.3 Å². The molecule has 1 N–H and O–H groups in total. The lowest BCUT2D eigenvalue weighted by molar-refractivity contribution is 0.0621. The molecule has 12 heteroatoms. The molecule has 0 radical (unpaired) electrons. The number of imidazole rings is 1. The maximum absolute atomic E-state index is 13.9. The zero-order valence-corrected chi connectivity index (χ0v) is 17.8. The molecule has 0 bridgehead atoms. The number of nitrogens with zero attached hydrogens (tertiary/aromatic N) is 5. The Labute approximate surface area is 194 Å². The zero-order valence-electron chi connectivity index (χ0n) is 17.8. The minimum Gasteiger partial charge on any atom is -0.438 e. The number of amides is 1. The lowest BCUT2D eigenvalue weighted by Crippen LogP contribution is -2.41. The van der Waals surface area contributed by atoms with Crippen molar-refractivity contribution in [2.45, 2.75) is 18.9 Å². The van der Waals surface area contributed by atoms with Crippen molar-refractivity contribution in [1.82, 2.24) is 29.8 Å². The molecular formula is C23H15F3N6O3. The number of H-pyrrole nitrogens is 1. The van der Waals surface area contributed by atoms with Gasteiger partial charge in [-0.1, -0.05) is 0 Å². The van der Waals surface area contributed by atoms with E-state index in [1.165, 1.54) is 54.0 Å². The summed E-state index contributed by atoms with van der Waals surface area (Å²) in [6.07, 6.45) is 1.72. The van der Waals surface area contributed by atoms with Crippen molar-refractivity contribution < 1.29 is 26.8 Å². The van der Waals surface area contributed by atoms with Crippen LogP contribution >= 0.6 is 0 Å². The highest BCUT2D eigenvalue weighted by molar-refractivity contribution is 5.93. The molecular weight excluding hydrogens is 465 g/mol. The first-order valence-corrected chi connectivity index (χ1v) is 10.6. The summed E-state index contributed by atoms with van der Waals surface area (Å²) >= 11 is 0. The van der Waals surface area contributed by atoms with Crippen molar-refractivity contribution in [3.8, 4) is 11.5 Å². The molecule has 1 aliphatic rings. The Morgan fingerprint density at radius 2 is 1.97 bits per heavy atom. The molecule has 0 saturated carbocycles. The van der Waals surface area contributed by atoms with Gasteiger partial charge in [-0.15, -0.1) is 0 Å². The van der Waals surface area contributed by atoms with E-state index in [1.807, 2.05) is 0 Å². The van der Waals surface area contributed by atoms with Gasteiger partial charge in [0.05, 0.1) is 12.0 Å². The Morgan fingerprint density at radius 1 is 1.14 bits per heavy atom. The highest BCUT2D eigenvalue weighted by atomic mass is 19.3. The molecule has 35 heavy (non-hydrogen) atoms. The SMILES string of the molecule is O=C(c1oc(-c2ccncc2)nc1C(F)F)N1CCc2[nH]cnc2[C@H]1c1nc2cc(F)ccc2o1. The highest BCUT2D eigenvalue weighted by Crippen LogP contribution is 2.37. The minimum atomic E-state index is -3.05. The number of aromatic amines is 1. The molecule has 0 aliphatic carbocycles. The average molecular weight is 480 g/mol. The summed E-state index contributed by atoms with van der Waals surface area (Å²) in [5, 5.41) is 0. The summed E-state index contributed by atoms with van der Waals surface area (Å²) in [5.74, 6) is -1.96. The molecule has 4 aromatic heterocycles. The van der Waals surface area contributed by atoms with Crippen molar-refractivity contribution in [2.24, 2.45) is 0 Å². The van der Waals surface area contributed by atoms with E-state index in [0.29, 0.717) is 23.3 Å². The van der Waals surface area contributed by atoms with Gasteiger partial charge in [0.25, 0.3) is 12.3 Å². The highest BCUT2D eigenvalue weighted by Gasteiger charge is 2.41. The summed E-state index contributed by atoms with van der Waals surface area (Å²) in [5.41, 5.74) is 1.38. The largest absolute Gasteiger partial charge is 0.438 e. The summed E-state index contributed by atoms with van der Waals surface area (Å²) in [6, 6.07) is 5.97. The smallest absolute Gasteiger partial charge is 0.292 e. The second-order valence-corrected chi connectivity index (χ2v) is 7.85. The van der Waals surface area contributed by atoms with Gasteiger partial charge >= 0.3 is 0 Å². The van der Waals surface area contributed by atoms with Crippen LogP contribution in [0.3, 0.4) is 0 Å². The summed E-state index contributed by atoms with van der Waals surface area (Å²) in [4.78, 5) is 34.4. The van der Waals surface area contributed by atoms with Gasteiger partial charge in [-0.3, -0.25) is 9.78 Å². The van der Waals surface area contributed by atoms with E-state index in [9.17, 15) is 18.0 Å². The third-order valence-electron chi connectivity index (χ3n) is 5.77. The van der Waals surface area contributed by atoms with Crippen LogP contribution in [0.25, 0.3) is 22.6 Å². The number of pyridine rings is 1. The van der Waals surface area contributed by atoms with E-state index in [-0.39, 0.29) is 23.8 Å². The molecule has 1 atom stereocenters. The summed E-state index contributed by atoms with van der Waals surface area (Å²) in [7, 11) is 0. The Kier molecular flexibility index (Phi) is 4.87. The number of aromatic nitrogens is 5. The number of fused-ring (bicyclic) bond motifs is 2. The summed E-state index contributed by atoms with van der Waals surface area (Å²) in [6.45, 7) is 0.139. The monoisotopic (exact) mass is 480 g/mol. The molecule has 0 saturated heterocycles. The van der Waals surface area contributed by atoms with Crippen molar-refractivity contribution in [3.05, 3.63) is 83.6 Å². The van der Waals surface area contributed by atoms with Crippen LogP contribution in [0.5, 0.6) is 0 Å². The first-order valence-electron chi connectivity index (χ1n) is 10.6. The predicted molar refractivity (Wildman–Crippen MR) is 114 cm³/mol. The number of halogens is 3. The summed E-state index contributed by atoms with van der Waals surface area (Å²) < 4.78 is 52.9. The van der Waals surface area contributed by atoms with Crippen molar-refractivity contribution in [3.63, 3.8) is 0 Å². The molecule has 1 aliphatic heterocycles. The Bertz CT molecular complexity index is 1540. The average Bonchev–Trinajstić information content (AvgIpc) is 3.61. The molecule has 1 amide bonds. The number of alkyl halides is 2. The number of benzene rings is 1. The second-order valence-electron chi connectivity index (χ2n) is 7.85. The maximum Gasteiger partial charge on any atom is 0.292 e. The van der Waals surface area contributed by atoms with E-state index >= 15 is 0 Å². The molecule has 0 unspecified atom stereocenters. The molecule has 1 aromatic carbocycles. The molecule has 0 spiro atoms. The van der Waals surface area contributed by atoms with Gasteiger partial charge in [0.1, 0.15) is 11.3 Å². The Morgan fingerprint density at radius 3 is 2.77 bits per heavy atom. The number of carbonyl (C=O) groups is 1. The van der Waals surface area contributed by atoms with Gasteiger partial charge in [0.15, 0.2) is 17.3 Å². The first kappa shape index (κ1) is 21.1. The van der Waals surface area contributed by atoms with Crippen molar-refractivity contribution in [2.75, 3.05) is 6.54 Å². The standard InChI is InChI=1S/C23H15F3N6O3/c24-12-1-2-15-14(9-12)30-22(34-15)18-16-13(28-10-29-16)5-8-32(18)23(33)19-17(20(25)26)31-21(35-19)11-3-6-27-7-4-11/h1-4,6-7,9-10,18,20H,5,8H2,(H,28,29)/t18-/m0/s1. The Balaban J connectivity index is 1.45. The van der Waals surface area contributed by atoms with Crippen LogP contribution in [0.2, 0.25) is 0 Å². The molecule has 9 nitrogen and oxygen atoms in total. The second kappa shape index (κ2) is 8.08. The number of oxazole rings is 2. The minimum absolute atomic E-state index is 0.0690. The van der Waals surface area contributed by atoms with Crippen molar-refractivity contribution in [1.29, 1.82) is 0 Å². The van der Waals surface area contributed by atoms with E-state index in [4.69, 9.17) is 8.83 Å². The molecule has 0 fully saturated rings. The fourth-order valence-electron chi connectivity index (χ4n) is 4.16.